The molecular formula is C23H28F3NO4. The minimum Gasteiger partial charge on any atom is -0.465 e. The van der Waals surface area contributed by atoms with Crippen molar-refractivity contribution in [3.63, 3.8) is 0 Å². The summed E-state index contributed by atoms with van der Waals surface area (Å²) in [5.41, 5.74) is 0.683. The van der Waals surface area contributed by atoms with Gasteiger partial charge in [0, 0.05) is 24.3 Å². The highest BCUT2D eigenvalue weighted by Crippen LogP contribution is 2.41. The Morgan fingerprint density at radius 1 is 1.10 bits per heavy atom. The molecule has 0 fully saturated rings. The molecule has 1 heterocycles. The molecule has 5 nitrogen and oxygen atoms in total. The summed E-state index contributed by atoms with van der Waals surface area (Å²) in [6, 6.07) is 5.34. The van der Waals surface area contributed by atoms with Crippen LogP contribution in [0.25, 0.3) is 5.57 Å². The third-order valence-electron chi connectivity index (χ3n) is 4.96. The summed E-state index contributed by atoms with van der Waals surface area (Å²) in [5, 5.41) is 0. The molecule has 0 spiro atoms. The number of alkyl halides is 3. The number of halogens is 3. The van der Waals surface area contributed by atoms with Gasteiger partial charge in [0.05, 0.1) is 24.7 Å². The Labute approximate surface area is 180 Å². The zero-order valence-electron chi connectivity index (χ0n) is 18.1. The van der Waals surface area contributed by atoms with Gasteiger partial charge in [-0.1, -0.05) is 38.5 Å². The molecule has 0 N–H and O–H groups in total. The van der Waals surface area contributed by atoms with Crippen LogP contribution < -0.4 is 0 Å². The lowest BCUT2D eigenvalue weighted by molar-refractivity contribution is -0.145. The number of rotatable bonds is 9. The van der Waals surface area contributed by atoms with Crippen molar-refractivity contribution >= 4 is 23.2 Å². The zero-order valence-corrected chi connectivity index (χ0v) is 18.1. The van der Waals surface area contributed by atoms with Crippen LogP contribution in [0.5, 0.6) is 0 Å². The van der Waals surface area contributed by atoms with Gasteiger partial charge < -0.3 is 9.47 Å². The Morgan fingerprint density at radius 2 is 1.81 bits per heavy atom. The van der Waals surface area contributed by atoms with Crippen LogP contribution in [0.15, 0.2) is 35.0 Å². The first-order chi connectivity index (χ1) is 14.7. The maximum atomic E-state index is 13.6. The number of hydrogen-bond acceptors (Lipinski definition) is 5. The Balaban J connectivity index is 2.51. The largest absolute Gasteiger partial charge is 0.465 e. The number of hydrogen-bond donors (Lipinski definition) is 0. The summed E-state index contributed by atoms with van der Waals surface area (Å²) in [4.78, 5) is 28.7. The van der Waals surface area contributed by atoms with Gasteiger partial charge in [-0.15, -0.1) is 0 Å². The minimum atomic E-state index is -4.53. The Kier molecular flexibility index (Phi) is 8.83. The maximum Gasteiger partial charge on any atom is 0.416 e. The van der Waals surface area contributed by atoms with Crippen molar-refractivity contribution in [1.29, 1.82) is 0 Å². The van der Waals surface area contributed by atoms with E-state index >= 15 is 0 Å². The highest BCUT2D eigenvalue weighted by molar-refractivity contribution is 6.06. The minimum absolute atomic E-state index is 0.0351. The number of nitrogens with zero attached hydrogens (tertiary/aromatic N) is 1. The fourth-order valence-electron chi connectivity index (χ4n) is 3.52. The molecule has 1 aromatic carbocycles. The fourth-order valence-corrected chi connectivity index (χ4v) is 3.52. The predicted octanol–water partition coefficient (Wildman–Crippen LogP) is 5.58. The molecule has 1 unspecified atom stereocenters. The standard InChI is InChI=1S/C23H28F3NO4/c1-4-9-19-16(15-10-7-8-11-18(15)23(24,25)26)14-17(22(29)30-6-3)20(27-19)12-13-31-21(28)5-2/h7-8,10-11,17H,4-6,9,12-14H2,1-3H3. The molecule has 8 heteroatoms. The van der Waals surface area contributed by atoms with E-state index in [0.29, 0.717) is 29.8 Å². The number of carbonyl (C=O) groups is 2. The summed E-state index contributed by atoms with van der Waals surface area (Å²) in [6.45, 7) is 5.45. The molecule has 0 aromatic heterocycles. The van der Waals surface area contributed by atoms with Gasteiger partial charge in [0.25, 0.3) is 0 Å². The van der Waals surface area contributed by atoms with E-state index in [0.717, 1.165) is 6.07 Å². The first kappa shape index (κ1) is 24.6. The molecule has 1 aliphatic heterocycles. The number of aliphatic imine (C=N–C) groups is 1. The molecule has 1 aliphatic rings. The van der Waals surface area contributed by atoms with Crippen molar-refractivity contribution in [3.05, 3.63) is 41.1 Å². The van der Waals surface area contributed by atoms with E-state index in [-0.39, 0.29) is 44.0 Å². The first-order valence-corrected chi connectivity index (χ1v) is 10.5. The topological polar surface area (TPSA) is 65.0 Å². The molecular weight excluding hydrogens is 411 g/mol. The second-order valence-corrected chi connectivity index (χ2v) is 7.15. The molecule has 0 bridgehead atoms. The summed E-state index contributed by atoms with van der Waals surface area (Å²) in [7, 11) is 0. The summed E-state index contributed by atoms with van der Waals surface area (Å²) in [5.74, 6) is -1.73. The molecule has 0 radical (unpaired) electrons. The monoisotopic (exact) mass is 439 g/mol. The highest BCUT2D eigenvalue weighted by Gasteiger charge is 2.37. The van der Waals surface area contributed by atoms with Crippen molar-refractivity contribution in [2.45, 2.75) is 59.1 Å². The van der Waals surface area contributed by atoms with Crippen LogP contribution in [0.4, 0.5) is 13.2 Å². The van der Waals surface area contributed by atoms with Crippen molar-refractivity contribution in [2.24, 2.45) is 10.9 Å². The van der Waals surface area contributed by atoms with E-state index < -0.39 is 23.6 Å². The molecule has 0 aliphatic carbocycles. The Morgan fingerprint density at radius 3 is 2.42 bits per heavy atom. The van der Waals surface area contributed by atoms with E-state index in [4.69, 9.17) is 9.47 Å². The molecule has 31 heavy (non-hydrogen) atoms. The fraction of sp³-hybridized carbons (Fsp3) is 0.522. The smallest absolute Gasteiger partial charge is 0.416 e. The van der Waals surface area contributed by atoms with Crippen LogP contribution in [0.3, 0.4) is 0 Å². The van der Waals surface area contributed by atoms with Crippen LogP contribution in [-0.4, -0.2) is 30.9 Å². The second-order valence-electron chi connectivity index (χ2n) is 7.15. The van der Waals surface area contributed by atoms with Crippen LogP contribution in [0.2, 0.25) is 0 Å². The quantitative estimate of drug-likeness (QED) is 0.471. The molecule has 1 aromatic rings. The van der Waals surface area contributed by atoms with Gasteiger partial charge in [-0.3, -0.25) is 14.6 Å². The number of esters is 2. The highest BCUT2D eigenvalue weighted by atomic mass is 19.4. The first-order valence-electron chi connectivity index (χ1n) is 10.5. The maximum absolute atomic E-state index is 13.6. The lowest BCUT2D eigenvalue weighted by atomic mass is 9.83. The number of ether oxygens (including phenoxy) is 2. The van der Waals surface area contributed by atoms with Crippen molar-refractivity contribution in [2.75, 3.05) is 13.2 Å². The van der Waals surface area contributed by atoms with Gasteiger partial charge in [0.15, 0.2) is 0 Å². The lowest BCUT2D eigenvalue weighted by Crippen LogP contribution is -2.30. The van der Waals surface area contributed by atoms with Crippen molar-refractivity contribution in [3.8, 4) is 0 Å². The molecule has 0 saturated carbocycles. The summed E-state index contributed by atoms with van der Waals surface area (Å²) < 4.78 is 51.2. The number of benzene rings is 1. The van der Waals surface area contributed by atoms with E-state index in [1.165, 1.54) is 12.1 Å². The average Bonchev–Trinajstić information content (AvgIpc) is 2.73. The van der Waals surface area contributed by atoms with Crippen LogP contribution in [-0.2, 0) is 25.2 Å². The third kappa shape index (κ3) is 6.42. The number of allylic oxidation sites excluding steroid dienone is 2. The van der Waals surface area contributed by atoms with Gasteiger partial charge in [0.2, 0.25) is 0 Å². The normalized spacial score (nSPS) is 16.7. The summed E-state index contributed by atoms with van der Waals surface area (Å²) in [6.07, 6.45) is -2.88. The van der Waals surface area contributed by atoms with Gasteiger partial charge in [0.1, 0.15) is 0 Å². The average molecular weight is 439 g/mol. The molecule has 170 valence electrons. The van der Waals surface area contributed by atoms with Gasteiger partial charge in [-0.05, 0) is 37.0 Å². The zero-order chi connectivity index (χ0) is 23.0. The molecule has 2 rings (SSSR count). The van der Waals surface area contributed by atoms with Crippen LogP contribution in [0, 0.1) is 5.92 Å². The predicted molar refractivity (Wildman–Crippen MR) is 111 cm³/mol. The molecule has 1 atom stereocenters. The van der Waals surface area contributed by atoms with Crippen molar-refractivity contribution in [1.82, 2.24) is 0 Å². The second kappa shape index (κ2) is 11.1. The molecule has 0 saturated heterocycles. The lowest BCUT2D eigenvalue weighted by Gasteiger charge is -2.27. The Hall–Kier alpha value is -2.64. The van der Waals surface area contributed by atoms with E-state index in [9.17, 15) is 22.8 Å². The van der Waals surface area contributed by atoms with Gasteiger partial charge in [-0.2, -0.15) is 13.2 Å². The Bertz CT molecular complexity index is 859. The third-order valence-corrected chi connectivity index (χ3v) is 4.96. The number of carbonyl (C=O) groups excluding carboxylic acids is 2. The SMILES string of the molecule is CCCC1=C(c2ccccc2C(F)(F)F)CC(C(=O)OCC)C(CCOC(=O)CC)=N1. The van der Waals surface area contributed by atoms with Crippen LogP contribution >= 0.6 is 0 Å². The molecule has 0 amide bonds. The summed E-state index contributed by atoms with van der Waals surface area (Å²) >= 11 is 0. The van der Waals surface area contributed by atoms with Gasteiger partial charge in [-0.25, -0.2) is 0 Å². The van der Waals surface area contributed by atoms with Crippen LogP contribution in [0.1, 0.15) is 64.0 Å². The van der Waals surface area contributed by atoms with Crippen molar-refractivity contribution < 1.29 is 32.2 Å². The van der Waals surface area contributed by atoms with E-state index in [2.05, 4.69) is 4.99 Å². The van der Waals surface area contributed by atoms with Gasteiger partial charge >= 0.3 is 18.1 Å². The van der Waals surface area contributed by atoms with E-state index in [1.807, 2.05) is 6.92 Å². The van der Waals surface area contributed by atoms with E-state index in [1.54, 1.807) is 19.9 Å².